The summed E-state index contributed by atoms with van der Waals surface area (Å²) in [6.45, 7) is 2.90. The molecule has 0 spiro atoms. The van der Waals surface area contributed by atoms with Gasteiger partial charge in [-0.1, -0.05) is 6.92 Å². The Labute approximate surface area is 95.9 Å². The summed E-state index contributed by atoms with van der Waals surface area (Å²) < 4.78 is 27.6. The predicted molar refractivity (Wildman–Crippen MR) is 61.3 cm³/mol. The van der Waals surface area contributed by atoms with Gasteiger partial charge < -0.3 is 10.3 Å². The monoisotopic (exact) mass is 243 g/mol. The summed E-state index contributed by atoms with van der Waals surface area (Å²) >= 11 is 0. The van der Waals surface area contributed by atoms with Crippen LogP contribution in [0, 0.1) is 5.92 Å². The lowest BCUT2D eigenvalue weighted by molar-refractivity contribution is 0.464. The van der Waals surface area contributed by atoms with Gasteiger partial charge in [0.05, 0.1) is 4.90 Å². The molecule has 1 fully saturated rings. The van der Waals surface area contributed by atoms with E-state index in [1.54, 1.807) is 30.1 Å². The van der Waals surface area contributed by atoms with Gasteiger partial charge in [0.2, 0.25) is 10.0 Å². The fraction of sp³-hybridized carbons (Fsp3) is 0.600. The van der Waals surface area contributed by atoms with E-state index >= 15 is 0 Å². The molecule has 0 saturated carbocycles. The first-order valence-electron chi connectivity index (χ1n) is 5.29. The highest BCUT2D eigenvalue weighted by atomic mass is 32.2. The molecule has 1 aliphatic heterocycles. The molecule has 1 aromatic rings. The topological polar surface area (TPSA) is 68.3 Å². The Kier molecular flexibility index (Phi) is 2.81. The molecule has 2 rings (SSSR count). The van der Waals surface area contributed by atoms with Crippen molar-refractivity contribution in [1.82, 2.24) is 8.87 Å². The summed E-state index contributed by atoms with van der Waals surface area (Å²) in [6, 6.07) is 1.56. The standard InChI is InChI=1S/C10H17N3O2S/c1-8-5-13(7-10(8)11)16(14,15)9-3-4-12(2)6-9/h3-4,6,8,10H,5,7,11H2,1-2H3. The zero-order chi connectivity index (χ0) is 11.9. The molecule has 2 N–H and O–H groups in total. The van der Waals surface area contributed by atoms with Gasteiger partial charge in [0, 0.05) is 38.6 Å². The van der Waals surface area contributed by atoms with Crippen molar-refractivity contribution in [2.75, 3.05) is 13.1 Å². The zero-order valence-corrected chi connectivity index (χ0v) is 10.3. The number of nitrogens with zero attached hydrogens (tertiary/aromatic N) is 2. The summed E-state index contributed by atoms with van der Waals surface area (Å²) in [7, 11) is -1.55. The van der Waals surface area contributed by atoms with E-state index in [2.05, 4.69) is 0 Å². The van der Waals surface area contributed by atoms with Gasteiger partial charge in [-0.2, -0.15) is 4.31 Å². The second-order valence-electron chi connectivity index (χ2n) is 4.48. The molecule has 1 saturated heterocycles. The van der Waals surface area contributed by atoms with Crippen LogP contribution in [0.5, 0.6) is 0 Å². The van der Waals surface area contributed by atoms with Crippen molar-refractivity contribution >= 4 is 10.0 Å². The number of hydrogen-bond acceptors (Lipinski definition) is 3. The lowest BCUT2D eigenvalue weighted by Gasteiger charge is -2.14. The fourth-order valence-electron chi connectivity index (χ4n) is 1.92. The van der Waals surface area contributed by atoms with Crippen molar-refractivity contribution in [2.24, 2.45) is 18.7 Å². The maximum absolute atomic E-state index is 12.2. The van der Waals surface area contributed by atoms with Crippen LogP contribution in [0.4, 0.5) is 0 Å². The van der Waals surface area contributed by atoms with Crippen molar-refractivity contribution in [3.05, 3.63) is 18.5 Å². The van der Waals surface area contributed by atoms with Crippen molar-refractivity contribution in [2.45, 2.75) is 17.9 Å². The van der Waals surface area contributed by atoms with Gasteiger partial charge in [0.25, 0.3) is 0 Å². The number of aryl methyl sites for hydroxylation is 1. The third-order valence-electron chi connectivity index (χ3n) is 3.08. The van der Waals surface area contributed by atoms with E-state index in [1.807, 2.05) is 6.92 Å². The van der Waals surface area contributed by atoms with E-state index in [9.17, 15) is 8.42 Å². The van der Waals surface area contributed by atoms with Gasteiger partial charge in [-0.15, -0.1) is 0 Å². The summed E-state index contributed by atoms with van der Waals surface area (Å²) in [5.74, 6) is 0.221. The van der Waals surface area contributed by atoms with Crippen molar-refractivity contribution in [3.63, 3.8) is 0 Å². The summed E-state index contributed by atoms with van der Waals surface area (Å²) in [4.78, 5) is 0.344. The predicted octanol–water partition coefficient (Wildman–Crippen LogP) is -0.00720. The van der Waals surface area contributed by atoms with E-state index in [0.717, 1.165) is 0 Å². The smallest absolute Gasteiger partial charge is 0.244 e. The summed E-state index contributed by atoms with van der Waals surface area (Å²) in [5, 5.41) is 0. The molecule has 2 heterocycles. The maximum atomic E-state index is 12.2. The van der Waals surface area contributed by atoms with E-state index in [4.69, 9.17) is 5.73 Å². The molecule has 0 aromatic carbocycles. The molecule has 0 aliphatic carbocycles. The average molecular weight is 243 g/mol. The molecule has 2 atom stereocenters. The van der Waals surface area contributed by atoms with Gasteiger partial charge in [-0.25, -0.2) is 8.42 Å². The molecule has 5 nitrogen and oxygen atoms in total. The van der Waals surface area contributed by atoms with E-state index < -0.39 is 10.0 Å². The van der Waals surface area contributed by atoms with Crippen LogP contribution in [0.3, 0.4) is 0 Å². The molecular weight excluding hydrogens is 226 g/mol. The Balaban J connectivity index is 2.27. The quantitative estimate of drug-likeness (QED) is 0.794. The minimum absolute atomic E-state index is 0.0570. The van der Waals surface area contributed by atoms with Crippen LogP contribution in [0.15, 0.2) is 23.4 Å². The van der Waals surface area contributed by atoms with E-state index in [1.165, 1.54) is 4.31 Å². The molecule has 6 heteroatoms. The van der Waals surface area contributed by atoms with Crippen LogP contribution in [0.25, 0.3) is 0 Å². The number of hydrogen-bond donors (Lipinski definition) is 1. The first kappa shape index (κ1) is 11.6. The molecular formula is C10H17N3O2S. The van der Waals surface area contributed by atoms with Crippen LogP contribution >= 0.6 is 0 Å². The Morgan fingerprint density at radius 2 is 2.12 bits per heavy atom. The molecule has 16 heavy (non-hydrogen) atoms. The largest absolute Gasteiger partial charge is 0.356 e. The van der Waals surface area contributed by atoms with Crippen LogP contribution < -0.4 is 5.73 Å². The number of nitrogens with two attached hydrogens (primary N) is 1. The molecule has 1 aliphatic rings. The van der Waals surface area contributed by atoms with E-state index in [-0.39, 0.29) is 12.0 Å². The number of sulfonamides is 1. The Hall–Kier alpha value is -0.850. The van der Waals surface area contributed by atoms with Crippen LogP contribution in [-0.2, 0) is 17.1 Å². The second-order valence-corrected chi connectivity index (χ2v) is 6.41. The molecule has 0 radical (unpaired) electrons. The van der Waals surface area contributed by atoms with Crippen molar-refractivity contribution < 1.29 is 8.42 Å². The first-order chi connectivity index (χ1) is 7.41. The van der Waals surface area contributed by atoms with Crippen LogP contribution in [-0.4, -0.2) is 36.4 Å². The Morgan fingerprint density at radius 1 is 1.44 bits per heavy atom. The summed E-state index contributed by atoms with van der Waals surface area (Å²) in [6.07, 6.45) is 3.34. The van der Waals surface area contributed by atoms with Crippen molar-refractivity contribution in [1.29, 1.82) is 0 Å². The van der Waals surface area contributed by atoms with Gasteiger partial charge in [0.15, 0.2) is 0 Å². The van der Waals surface area contributed by atoms with Gasteiger partial charge in [0.1, 0.15) is 0 Å². The molecule has 0 bridgehead atoms. The normalized spacial score (nSPS) is 27.4. The highest BCUT2D eigenvalue weighted by Gasteiger charge is 2.35. The average Bonchev–Trinajstić information content (AvgIpc) is 2.75. The SMILES string of the molecule is CC1CN(S(=O)(=O)c2ccn(C)c2)CC1N. The fourth-order valence-corrected chi connectivity index (χ4v) is 3.55. The molecule has 0 amide bonds. The third kappa shape index (κ3) is 1.88. The molecule has 1 aromatic heterocycles. The lowest BCUT2D eigenvalue weighted by Crippen LogP contribution is -2.32. The lowest BCUT2D eigenvalue weighted by atomic mass is 10.1. The van der Waals surface area contributed by atoms with Gasteiger partial charge in [-0.05, 0) is 12.0 Å². The van der Waals surface area contributed by atoms with Crippen molar-refractivity contribution in [3.8, 4) is 0 Å². The Bertz CT molecular complexity index is 470. The number of rotatable bonds is 2. The zero-order valence-electron chi connectivity index (χ0n) is 9.50. The first-order valence-corrected chi connectivity index (χ1v) is 6.73. The Morgan fingerprint density at radius 3 is 2.56 bits per heavy atom. The van der Waals surface area contributed by atoms with Crippen LogP contribution in [0.2, 0.25) is 0 Å². The highest BCUT2D eigenvalue weighted by Crippen LogP contribution is 2.23. The highest BCUT2D eigenvalue weighted by molar-refractivity contribution is 7.89. The second kappa shape index (κ2) is 3.87. The minimum Gasteiger partial charge on any atom is -0.356 e. The van der Waals surface area contributed by atoms with Gasteiger partial charge in [-0.3, -0.25) is 0 Å². The number of aromatic nitrogens is 1. The maximum Gasteiger partial charge on any atom is 0.244 e. The van der Waals surface area contributed by atoms with Crippen LogP contribution in [0.1, 0.15) is 6.92 Å². The van der Waals surface area contributed by atoms with Gasteiger partial charge >= 0.3 is 0 Å². The van der Waals surface area contributed by atoms with E-state index in [0.29, 0.717) is 18.0 Å². The molecule has 2 unspecified atom stereocenters. The minimum atomic E-state index is -3.35. The molecule has 90 valence electrons. The summed E-state index contributed by atoms with van der Waals surface area (Å²) in [5.41, 5.74) is 5.84. The third-order valence-corrected chi connectivity index (χ3v) is 4.89.